The van der Waals surface area contributed by atoms with Gasteiger partial charge in [-0.2, -0.15) is 5.10 Å². The fraction of sp³-hybridized carbons (Fsp3) is 0.156. The molecule has 214 valence electrons. The van der Waals surface area contributed by atoms with Crippen LogP contribution in [0.25, 0.3) is 33.3 Å². The standard InChI is InChI=1S/C32H26Cl2FN3O4/c1-18(19-3-5-20(6-4-19)32(41)36-12-11-30(39)40)38-29-15-21(26-10-8-25(42-2)17-28(26)35)7-9-27(29)31(37-38)22-13-23(33)16-24(34)14-22/h3-10,13-18H,11-12H2,1-2H3,(H,36,41)(H,39,40)/t18-/m0/s1. The summed E-state index contributed by atoms with van der Waals surface area (Å²) in [6.07, 6.45) is -0.157. The monoisotopic (exact) mass is 605 g/mol. The summed E-state index contributed by atoms with van der Waals surface area (Å²) in [5, 5.41) is 18.1. The number of carbonyl (C=O) groups excluding carboxylic acids is 1. The lowest BCUT2D eigenvalue weighted by molar-refractivity contribution is -0.136. The molecule has 1 heterocycles. The minimum Gasteiger partial charge on any atom is -0.497 e. The molecule has 0 aliphatic heterocycles. The Kier molecular flexibility index (Phi) is 8.47. The van der Waals surface area contributed by atoms with Gasteiger partial charge in [-0.25, -0.2) is 4.39 Å². The zero-order valence-electron chi connectivity index (χ0n) is 22.7. The molecular weight excluding hydrogens is 580 g/mol. The van der Waals surface area contributed by atoms with Gasteiger partial charge < -0.3 is 15.2 Å². The number of benzene rings is 4. The van der Waals surface area contributed by atoms with Crippen LogP contribution in [-0.4, -0.2) is 40.4 Å². The first-order chi connectivity index (χ1) is 20.1. The lowest BCUT2D eigenvalue weighted by Crippen LogP contribution is -2.26. The van der Waals surface area contributed by atoms with E-state index in [1.807, 2.05) is 41.9 Å². The van der Waals surface area contributed by atoms with Gasteiger partial charge in [0.2, 0.25) is 0 Å². The molecule has 7 nitrogen and oxygen atoms in total. The van der Waals surface area contributed by atoms with Gasteiger partial charge in [0.15, 0.2) is 0 Å². The number of carbonyl (C=O) groups is 2. The van der Waals surface area contributed by atoms with Gasteiger partial charge >= 0.3 is 5.97 Å². The van der Waals surface area contributed by atoms with Crippen LogP contribution in [0.3, 0.4) is 0 Å². The van der Waals surface area contributed by atoms with Gasteiger partial charge in [-0.1, -0.05) is 41.4 Å². The number of halogens is 3. The average molecular weight is 606 g/mol. The van der Waals surface area contributed by atoms with Crippen molar-refractivity contribution in [1.82, 2.24) is 15.1 Å². The van der Waals surface area contributed by atoms with Crippen LogP contribution in [-0.2, 0) is 4.79 Å². The van der Waals surface area contributed by atoms with Gasteiger partial charge in [0, 0.05) is 44.7 Å². The van der Waals surface area contributed by atoms with E-state index >= 15 is 4.39 Å². The first kappa shape index (κ1) is 29.1. The minimum atomic E-state index is -0.983. The number of carboxylic acids is 1. The zero-order chi connectivity index (χ0) is 30.0. The second-order valence-electron chi connectivity index (χ2n) is 9.73. The van der Waals surface area contributed by atoms with Crippen LogP contribution in [0.5, 0.6) is 5.75 Å². The highest BCUT2D eigenvalue weighted by Gasteiger charge is 2.20. The van der Waals surface area contributed by atoms with E-state index in [-0.39, 0.29) is 24.9 Å². The number of nitrogens with one attached hydrogen (secondary N) is 1. The highest BCUT2D eigenvalue weighted by atomic mass is 35.5. The van der Waals surface area contributed by atoms with Crippen LogP contribution < -0.4 is 10.1 Å². The molecule has 0 saturated carbocycles. The lowest BCUT2D eigenvalue weighted by Gasteiger charge is -2.15. The van der Waals surface area contributed by atoms with E-state index in [0.29, 0.717) is 38.2 Å². The molecule has 4 aromatic carbocycles. The maximum absolute atomic E-state index is 15.0. The Bertz CT molecular complexity index is 1780. The van der Waals surface area contributed by atoms with Gasteiger partial charge in [0.1, 0.15) is 17.3 Å². The number of ether oxygens (including phenoxy) is 1. The Morgan fingerprint density at radius 3 is 2.33 bits per heavy atom. The van der Waals surface area contributed by atoms with Crippen molar-refractivity contribution in [1.29, 1.82) is 0 Å². The van der Waals surface area contributed by atoms with Crippen molar-refractivity contribution in [2.24, 2.45) is 0 Å². The number of aliphatic carboxylic acids is 1. The van der Waals surface area contributed by atoms with Gasteiger partial charge in [0.25, 0.3) is 5.91 Å². The molecule has 1 aromatic heterocycles. The predicted octanol–water partition coefficient (Wildman–Crippen LogP) is 7.64. The Morgan fingerprint density at radius 2 is 1.69 bits per heavy atom. The van der Waals surface area contributed by atoms with E-state index < -0.39 is 11.8 Å². The first-order valence-electron chi connectivity index (χ1n) is 13.1. The van der Waals surface area contributed by atoms with Crippen LogP contribution in [0.15, 0.2) is 78.9 Å². The SMILES string of the molecule is COc1ccc(-c2ccc3c(-c4cc(Cl)cc(Cl)c4)nn([C@@H](C)c4ccc(C(=O)NCCC(=O)O)cc4)c3c2)c(F)c1. The normalized spacial score (nSPS) is 11.8. The molecule has 1 amide bonds. The largest absolute Gasteiger partial charge is 0.497 e. The molecule has 0 saturated heterocycles. The Labute approximate surface area is 251 Å². The molecule has 0 fully saturated rings. The molecule has 5 aromatic rings. The van der Waals surface area contributed by atoms with Crippen LogP contribution >= 0.6 is 23.2 Å². The fourth-order valence-corrected chi connectivity index (χ4v) is 5.33. The third kappa shape index (κ3) is 6.10. The van der Waals surface area contributed by atoms with Crippen LogP contribution in [0.4, 0.5) is 4.39 Å². The summed E-state index contributed by atoms with van der Waals surface area (Å²) in [7, 11) is 1.49. The Morgan fingerprint density at radius 1 is 0.976 bits per heavy atom. The van der Waals surface area contributed by atoms with Crippen molar-refractivity contribution in [3.63, 3.8) is 0 Å². The van der Waals surface area contributed by atoms with Crippen molar-refractivity contribution >= 4 is 46.0 Å². The molecule has 0 unspecified atom stereocenters. The summed E-state index contributed by atoms with van der Waals surface area (Å²) in [6, 6.07) is 22.3. The number of aromatic nitrogens is 2. The predicted molar refractivity (Wildman–Crippen MR) is 162 cm³/mol. The number of methoxy groups -OCH3 is 1. The van der Waals surface area contributed by atoms with Crippen LogP contribution in [0.1, 0.15) is 35.3 Å². The summed E-state index contributed by atoms with van der Waals surface area (Å²) in [5.41, 5.74) is 4.53. The van der Waals surface area contributed by atoms with Crippen LogP contribution in [0.2, 0.25) is 10.0 Å². The lowest BCUT2D eigenvalue weighted by atomic mass is 10.0. The molecule has 1 atom stereocenters. The van der Waals surface area contributed by atoms with E-state index in [1.165, 1.54) is 13.2 Å². The van der Waals surface area contributed by atoms with Gasteiger partial charge in [-0.05, 0) is 72.6 Å². The Hall–Kier alpha value is -4.40. The van der Waals surface area contributed by atoms with E-state index in [1.54, 1.807) is 42.5 Å². The van der Waals surface area contributed by atoms with Crippen LogP contribution in [0, 0.1) is 5.82 Å². The zero-order valence-corrected chi connectivity index (χ0v) is 24.2. The van der Waals surface area contributed by atoms with Crippen molar-refractivity contribution in [2.75, 3.05) is 13.7 Å². The van der Waals surface area contributed by atoms with E-state index in [9.17, 15) is 9.59 Å². The second-order valence-corrected chi connectivity index (χ2v) is 10.6. The van der Waals surface area contributed by atoms with Gasteiger partial charge in [-0.15, -0.1) is 0 Å². The van der Waals surface area contributed by atoms with Gasteiger partial charge in [-0.3, -0.25) is 14.3 Å². The number of rotatable bonds is 9. The molecule has 2 N–H and O–H groups in total. The maximum atomic E-state index is 15.0. The highest BCUT2D eigenvalue weighted by molar-refractivity contribution is 6.35. The molecule has 5 rings (SSSR count). The molecule has 0 aliphatic rings. The number of amides is 1. The third-order valence-corrected chi connectivity index (χ3v) is 7.41. The fourth-order valence-electron chi connectivity index (χ4n) is 4.80. The third-order valence-electron chi connectivity index (χ3n) is 6.98. The summed E-state index contributed by atoms with van der Waals surface area (Å²) in [6.45, 7) is 2.02. The summed E-state index contributed by atoms with van der Waals surface area (Å²) in [5.74, 6) is -1.32. The average Bonchev–Trinajstić information content (AvgIpc) is 3.35. The topological polar surface area (TPSA) is 93.5 Å². The number of hydrogen-bond donors (Lipinski definition) is 2. The number of hydrogen-bond acceptors (Lipinski definition) is 4. The quantitative estimate of drug-likeness (QED) is 0.180. The first-order valence-corrected chi connectivity index (χ1v) is 13.8. The molecular formula is C32H26Cl2FN3O4. The summed E-state index contributed by atoms with van der Waals surface area (Å²) in [4.78, 5) is 23.2. The van der Waals surface area contributed by atoms with Crippen molar-refractivity contribution in [3.05, 3.63) is 106 Å². The summed E-state index contributed by atoms with van der Waals surface area (Å²) < 4.78 is 22.0. The molecule has 0 radical (unpaired) electrons. The molecule has 10 heteroatoms. The smallest absolute Gasteiger partial charge is 0.305 e. The van der Waals surface area contributed by atoms with E-state index in [2.05, 4.69) is 5.32 Å². The van der Waals surface area contributed by atoms with E-state index in [0.717, 1.165) is 22.0 Å². The van der Waals surface area contributed by atoms with E-state index in [4.69, 9.17) is 38.1 Å². The van der Waals surface area contributed by atoms with Gasteiger partial charge in [0.05, 0.1) is 25.1 Å². The van der Waals surface area contributed by atoms with Crippen molar-refractivity contribution in [2.45, 2.75) is 19.4 Å². The molecule has 0 spiro atoms. The summed E-state index contributed by atoms with van der Waals surface area (Å²) >= 11 is 12.6. The molecule has 42 heavy (non-hydrogen) atoms. The highest BCUT2D eigenvalue weighted by Crippen LogP contribution is 2.37. The Balaban J connectivity index is 1.57. The molecule has 0 aliphatic carbocycles. The van der Waals surface area contributed by atoms with Crippen molar-refractivity contribution in [3.8, 4) is 28.1 Å². The maximum Gasteiger partial charge on any atom is 0.305 e. The number of nitrogens with zero attached hydrogens (tertiary/aromatic N) is 2. The van der Waals surface area contributed by atoms with Crippen molar-refractivity contribution < 1.29 is 23.8 Å². The minimum absolute atomic E-state index is 0.0407. The second kappa shape index (κ2) is 12.2. The molecule has 0 bridgehead atoms. The number of fused-ring (bicyclic) bond motifs is 1. The number of carboxylic acid groups (broad SMARTS) is 1.